The molecule has 0 aliphatic heterocycles. The number of alkyl halides is 3. The lowest BCUT2D eigenvalue weighted by molar-refractivity contribution is -0.137. The first kappa shape index (κ1) is 23.1. The SMILES string of the molecule is C[C@@H](NC(=O)c1ccccc1OCC(=O)Nc1cccc(C(F)(F)F)c1)[C@@H]1C[C@H]2CC[C@H]1C2. The molecule has 0 aromatic heterocycles. The molecule has 2 aromatic carbocycles. The molecule has 0 radical (unpaired) electrons. The van der Waals surface area contributed by atoms with E-state index in [-0.39, 0.29) is 23.4 Å². The minimum atomic E-state index is -4.50. The van der Waals surface area contributed by atoms with Crippen LogP contribution in [0, 0.1) is 17.8 Å². The number of fused-ring (bicyclic) bond motifs is 2. The first-order valence-corrected chi connectivity index (χ1v) is 11.2. The van der Waals surface area contributed by atoms with Crippen LogP contribution in [0.3, 0.4) is 0 Å². The fourth-order valence-electron chi connectivity index (χ4n) is 5.19. The third-order valence-corrected chi connectivity index (χ3v) is 6.76. The lowest BCUT2D eigenvalue weighted by atomic mass is 9.84. The lowest BCUT2D eigenvalue weighted by Gasteiger charge is -2.28. The number of carbonyl (C=O) groups is 2. The third kappa shape index (κ3) is 5.49. The standard InChI is InChI=1S/C25H27F3N2O3/c1-15(21-12-16-9-10-17(21)11-16)29-24(32)20-7-2-3-8-22(20)33-14-23(31)30-19-6-4-5-18(13-19)25(26,27)28/h2-8,13,15-17,21H,9-12,14H2,1H3,(H,29,32)(H,30,31)/t15-,16+,17+,21+/m1/s1. The number of ether oxygens (including phenoxy) is 1. The second-order valence-corrected chi connectivity index (χ2v) is 9.01. The number of halogens is 3. The smallest absolute Gasteiger partial charge is 0.416 e. The lowest BCUT2D eigenvalue weighted by Crippen LogP contribution is -2.40. The molecule has 2 saturated carbocycles. The first-order chi connectivity index (χ1) is 15.7. The van der Waals surface area contributed by atoms with Crippen LogP contribution in [-0.4, -0.2) is 24.5 Å². The van der Waals surface area contributed by atoms with Gasteiger partial charge in [-0.05, 0) is 74.3 Å². The number of hydrogen-bond donors (Lipinski definition) is 2. The molecule has 5 nitrogen and oxygen atoms in total. The van der Waals surface area contributed by atoms with E-state index in [2.05, 4.69) is 10.6 Å². The van der Waals surface area contributed by atoms with Gasteiger partial charge < -0.3 is 15.4 Å². The molecule has 0 saturated heterocycles. The van der Waals surface area contributed by atoms with E-state index >= 15 is 0 Å². The van der Waals surface area contributed by atoms with Crippen LogP contribution < -0.4 is 15.4 Å². The molecular weight excluding hydrogens is 433 g/mol. The van der Waals surface area contributed by atoms with Crippen LogP contribution in [-0.2, 0) is 11.0 Å². The first-order valence-electron chi connectivity index (χ1n) is 11.2. The maximum Gasteiger partial charge on any atom is 0.416 e. The Balaban J connectivity index is 1.34. The van der Waals surface area contributed by atoms with Gasteiger partial charge in [0, 0.05) is 11.7 Å². The number of nitrogens with one attached hydrogen (secondary N) is 2. The summed E-state index contributed by atoms with van der Waals surface area (Å²) in [5, 5.41) is 5.48. The fraction of sp³-hybridized carbons (Fsp3) is 0.440. The van der Waals surface area contributed by atoms with Crippen molar-refractivity contribution in [1.29, 1.82) is 0 Å². The second-order valence-electron chi connectivity index (χ2n) is 9.01. The number of para-hydroxylation sites is 1. The Morgan fingerprint density at radius 3 is 2.58 bits per heavy atom. The monoisotopic (exact) mass is 460 g/mol. The van der Waals surface area contributed by atoms with Gasteiger partial charge in [0.25, 0.3) is 11.8 Å². The van der Waals surface area contributed by atoms with E-state index < -0.39 is 24.3 Å². The van der Waals surface area contributed by atoms with Crippen LogP contribution >= 0.6 is 0 Å². The van der Waals surface area contributed by atoms with Gasteiger partial charge in [0.1, 0.15) is 5.75 Å². The molecule has 2 aliphatic rings. The van der Waals surface area contributed by atoms with Crippen LogP contribution in [0.25, 0.3) is 0 Å². The maximum atomic E-state index is 12.9. The zero-order chi connectivity index (χ0) is 23.6. The number of hydrogen-bond acceptors (Lipinski definition) is 3. The van der Waals surface area contributed by atoms with E-state index in [4.69, 9.17) is 4.74 Å². The van der Waals surface area contributed by atoms with Gasteiger partial charge in [-0.3, -0.25) is 9.59 Å². The van der Waals surface area contributed by atoms with Gasteiger partial charge in [0.05, 0.1) is 11.1 Å². The zero-order valence-corrected chi connectivity index (χ0v) is 18.3. The average Bonchev–Trinajstić information content (AvgIpc) is 3.41. The van der Waals surface area contributed by atoms with Crippen molar-refractivity contribution >= 4 is 17.5 Å². The molecular formula is C25H27F3N2O3. The van der Waals surface area contributed by atoms with Crippen molar-refractivity contribution in [2.24, 2.45) is 17.8 Å². The van der Waals surface area contributed by atoms with Gasteiger partial charge in [-0.1, -0.05) is 24.6 Å². The highest BCUT2D eigenvalue weighted by atomic mass is 19.4. The molecule has 176 valence electrons. The highest BCUT2D eigenvalue weighted by Gasteiger charge is 2.42. The van der Waals surface area contributed by atoms with Crippen LogP contribution in [0.5, 0.6) is 5.75 Å². The molecule has 4 atom stereocenters. The molecule has 0 unspecified atom stereocenters. The van der Waals surface area contributed by atoms with Crippen molar-refractivity contribution in [1.82, 2.24) is 5.32 Å². The number of rotatable bonds is 7. The summed E-state index contributed by atoms with van der Waals surface area (Å²) in [6, 6.07) is 11.0. The third-order valence-electron chi connectivity index (χ3n) is 6.76. The van der Waals surface area contributed by atoms with E-state index in [0.717, 1.165) is 24.5 Å². The molecule has 2 bridgehead atoms. The Hall–Kier alpha value is -3.03. The molecule has 0 spiro atoms. The predicted molar refractivity (Wildman–Crippen MR) is 118 cm³/mol. The molecule has 0 heterocycles. The summed E-state index contributed by atoms with van der Waals surface area (Å²) in [5.41, 5.74) is -0.517. The minimum absolute atomic E-state index is 0.0177. The van der Waals surface area contributed by atoms with Crippen molar-refractivity contribution in [2.75, 3.05) is 11.9 Å². The number of benzene rings is 2. The van der Waals surface area contributed by atoms with Crippen molar-refractivity contribution in [2.45, 2.75) is 44.8 Å². The van der Waals surface area contributed by atoms with E-state index in [9.17, 15) is 22.8 Å². The summed E-state index contributed by atoms with van der Waals surface area (Å²) in [7, 11) is 0. The van der Waals surface area contributed by atoms with Gasteiger partial charge >= 0.3 is 6.18 Å². The fourth-order valence-corrected chi connectivity index (χ4v) is 5.19. The summed E-state index contributed by atoms with van der Waals surface area (Å²) in [5.74, 6) is 1.30. The van der Waals surface area contributed by atoms with Crippen molar-refractivity contribution in [3.8, 4) is 5.75 Å². The Kier molecular flexibility index (Phi) is 6.63. The van der Waals surface area contributed by atoms with Crippen molar-refractivity contribution in [3.05, 3.63) is 59.7 Å². The van der Waals surface area contributed by atoms with Crippen LogP contribution in [0.4, 0.5) is 18.9 Å². The van der Waals surface area contributed by atoms with Crippen molar-refractivity contribution < 1.29 is 27.5 Å². The summed E-state index contributed by atoms with van der Waals surface area (Å²) < 4.78 is 44.1. The van der Waals surface area contributed by atoms with Gasteiger partial charge in [-0.2, -0.15) is 13.2 Å². The van der Waals surface area contributed by atoms with Crippen LogP contribution in [0.2, 0.25) is 0 Å². The van der Waals surface area contributed by atoms with E-state index in [0.29, 0.717) is 17.4 Å². The van der Waals surface area contributed by atoms with E-state index in [1.54, 1.807) is 24.3 Å². The highest BCUT2D eigenvalue weighted by Crippen LogP contribution is 2.49. The van der Waals surface area contributed by atoms with Crippen LogP contribution in [0.15, 0.2) is 48.5 Å². The minimum Gasteiger partial charge on any atom is -0.483 e. The molecule has 4 rings (SSSR count). The quantitative estimate of drug-likeness (QED) is 0.591. The summed E-state index contributed by atoms with van der Waals surface area (Å²) >= 11 is 0. The Morgan fingerprint density at radius 2 is 1.88 bits per heavy atom. The van der Waals surface area contributed by atoms with E-state index in [1.807, 2.05) is 6.92 Å². The predicted octanol–water partition coefficient (Wildman–Crippen LogP) is 5.28. The van der Waals surface area contributed by atoms with Gasteiger partial charge in [0.15, 0.2) is 6.61 Å². The van der Waals surface area contributed by atoms with Gasteiger partial charge in [-0.25, -0.2) is 0 Å². The molecule has 8 heteroatoms. The van der Waals surface area contributed by atoms with Gasteiger partial charge in [0.2, 0.25) is 0 Å². The highest BCUT2D eigenvalue weighted by molar-refractivity contribution is 5.97. The summed E-state index contributed by atoms with van der Waals surface area (Å²) in [4.78, 5) is 25.1. The summed E-state index contributed by atoms with van der Waals surface area (Å²) in [6.45, 7) is 1.59. The molecule has 2 fully saturated rings. The molecule has 33 heavy (non-hydrogen) atoms. The average molecular weight is 460 g/mol. The zero-order valence-electron chi connectivity index (χ0n) is 18.3. The summed E-state index contributed by atoms with van der Waals surface area (Å²) in [6.07, 6.45) is 0.432. The number of anilines is 1. The van der Waals surface area contributed by atoms with Gasteiger partial charge in [-0.15, -0.1) is 0 Å². The molecule has 2 N–H and O–H groups in total. The molecule has 2 aromatic rings. The molecule has 2 amide bonds. The van der Waals surface area contributed by atoms with Crippen molar-refractivity contribution in [3.63, 3.8) is 0 Å². The normalized spacial score (nSPS) is 22.6. The Labute approximate surface area is 190 Å². The number of amides is 2. The maximum absolute atomic E-state index is 12.9. The largest absolute Gasteiger partial charge is 0.483 e. The Bertz CT molecular complexity index is 1020. The topological polar surface area (TPSA) is 67.4 Å². The van der Waals surface area contributed by atoms with E-state index in [1.165, 1.54) is 31.4 Å². The Morgan fingerprint density at radius 1 is 1.09 bits per heavy atom. The number of carbonyl (C=O) groups excluding carboxylic acids is 2. The molecule has 2 aliphatic carbocycles. The second kappa shape index (κ2) is 9.45. The van der Waals surface area contributed by atoms with Crippen LogP contribution in [0.1, 0.15) is 48.5 Å².